The van der Waals surface area contributed by atoms with Gasteiger partial charge in [0.05, 0.1) is 32.6 Å². The zero-order valence-electron chi connectivity index (χ0n) is 22.1. The minimum atomic E-state index is -1.02. The summed E-state index contributed by atoms with van der Waals surface area (Å²) in [7, 11) is 2.87. The Morgan fingerprint density at radius 2 is 1.73 bits per heavy atom. The van der Waals surface area contributed by atoms with E-state index in [0.29, 0.717) is 23.3 Å². The van der Waals surface area contributed by atoms with Gasteiger partial charge in [0.2, 0.25) is 0 Å². The summed E-state index contributed by atoms with van der Waals surface area (Å²) in [6.45, 7) is 1.90. The lowest BCUT2D eigenvalue weighted by molar-refractivity contribution is -0.136. The van der Waals surface area contributed by atoms with Gasteiger partial charge in [0.25, 0.3) is 0 Å². The molecule has 12 heteroatoms. The van der Waals surface area contributed by atoms with E-state index in [4.69, 9.17) is 18.9 Å². The number of hydrazone groups is 1. The van der Waals surface area contributed by atoms with Gasteiger partial charge in [-0.05, 0) is 67.6 Å². The molecule has 4 rings (SSSR count). The SMILES string of the molecule is CCOC(=O)c1c(NC(=O)C(=O)N/N=C/c2ccc(OC(=O)c3ccccc3OC)c(OC)c2)sc2c1CCC2. The molecule has 2 aromatic carbocycles. The van der Waals surface area contributed by atoms with E-state index in [1.54, 1.807) is 43.3 Å². The van der Waals surface area contributed by atoms with Crippen molar-refractivity contribution >= 4 is 46.3 Å². The minimum Gasteiger partial charge on any atom is -0.496 e. The first-order valence-electron chi connectivity index (χ1n) is 12.4. The summed E-state index contributed by atoms with van der Waals surface area (Å²) >= 11 is 1.27. The molecule has 1 aromatic heterocycles. The molecule has 0 atom stereocenters. The lowest BCUT2D eigenvalue weighted by Gasteiger charge is -2.11. The lowest BCUT2D eigenvalue weighted by atomic mass is 10.1. The molecule has 0 unspecified atom stereocenters. The third kappa shape index (κ3) is 6.29. The van der Waals surface area contributed by atoms with Crippen LogP contribution in [0.2, 0.25) is 0 Å². The predicted molar refractivity (Wildman–Crippen MR) is 148 cm³/mol. The fourth-order valence-corrected chi connectivity index (χ4v) is 5.38. The number of hydrogen-bond acceptors (Lipinski definition) is 10. The van der Waals surface area contributed by atoms with Gasteiger partial charge in [-0.2, -0.15) is 5.10 Å². The Morgan fingerprint density at radius 1 is 0.950 bits per heavy atom. The van der Waals surface area contributed by atoms with Crippen molar-refractivity contribution in [3.8, 4) is 17.2 Å². The number of aryl methyl sites for hydroxylation is 1. The quantitative estimate of drug-likeness (QED) is 0.131. The first-order chi connectivity index (χ1) is 19.4. The van der Waals surface area contributed by atoms with Gasteiger partial charge in [0, 0.05) is 4.88 Å². The predicted octanol–water partition coefficient (Wildman–Crippen LogP) is 3.74. The molecule has 1 heterocycles. The van der Waals surface area contributed by atoms with Gasteiger partial charge in [-0.15, -0.1) is 11.3 Å². The Morgan fingerprint density at radius 3 is 2.48 bits per heavy atom. The fraction of sp³-hybridized carbons (Fsp3) is 0.250. The number of rotatable bonds is 9. The van der Waals surface area contributed by atoms with Crippen LogP contribution in [0.4, 0.5) is 5.00 Å². The number of para-hydroxylation sites is 1. The van der Waals surface area contributed by atoms with Crippen LogP contribution in [0.3, 0.4) is 0 Å². The van der Waals surface area contributed by atoms with E-state index in [1.807, 2.05) is 0 Å². The van der Waals surface area contributed by atoms with E-state index in [0.717, 1.165) is 23.3 Å². The van der Waals surface area contributed by atoms with E-state index < -0.39 is 23.8 Å². The van der Waals surface area contributed by atoms with Crippen LogP contribution in [0.5, 0.6) is 17.2 Å². The number of carbonyl (C=O) groups is 4. The number of hydrogen-bond donors (Lipinski definition) is 2. The number of nitrogens with zero attached hydrogens (tertiary/aromatic N) is 1. The summed E-state index contributed by atoms with van der Waals surface area (Å²) in [4.78, 5) is 51.0. The maximum Gasteiger partial charge on any atom is 0.347 e. The van der Waals surface area contributed by atoms with Crippen LogP contribution >= 0.6 is 11.3 Å². The number of benzene rings is 2. The molecule has 0 radical (unpaired) electrons. The largest absolute Gasteiger partial charge is 0.496 e. The summed E-state index contributed by atoms with van der Waals surface area (Å²) < 4.78 is 21.1. The van der Waals surface area contributed by atoms with Gasteiger partial charge in [-0.1, -0.05) is 12.1 Å². The van der Waals surface area contributed by atoms with Crippen LogP contribution in [0.25, 0.3) is 0 Å². The van der Waals surface area contributed by atoms with Crippen molar-refractivity contribution in [3.05, 3.63) is 69.6 Å². The summed E-state index contributed by atoms with van der Waals surface area (Å²) in [6, 6.07) is 11.3. The molecule has 0 bridgehead atoms. The number of ether oxygens (including phenoxy) is 4. The zero-order valence-corrected chi connectivity index (χ0v) is 22.9. The molecule has 1 aliphatic carbocycles. The standard InChI is InChI=1S/C28H27N3O8S/c1-4-38-28(35)23-18-9-7-11-22(18)40-26(23)30-24(32)25(33)31-29-15-16-12-13-20(21(14-16)37-3)39-27(34)17-8-5-6-10-19(17)36-2/h5-6,8,10,12-15H,4,7,9,11H2,1-3H3,(H,30,32)(H,31,33)/b29-15+. The average Bonchev–Trinajstić information content (AvgIpc) is 3.54. The second-order valence-electron chi connectivity index (χ2n) is 8.44. The molecule has 0 fully saturated rings. The number of nitrogens with one attached hydrogen (secondary N) is 2. The molecule has 0 saturated heterocycles. The highest BCUT2D eigenvalue weighted by molar-refractivity contribution is 7.17. The van der Waals surface area contributed by atoms with Crippen LogP contribution in [0.1, 0.15) is 50.1 Å². The Hall–Kier alpha value is -4.71. The van der Waals surface area contributed by atoms with Crippen LogP contribution in [-0.4, -0.2) is 50.8 Å². The second-order valence-corrected chi connectivity index (χ2v) is 9.54. The molecular formula is C28H27N3O8S. The smallest absolute Gasteiger partial charge is 0.347 e. The fourth-order valence-electron chi connectivity index (χ4n) is 4.10. The molecule has 0 spiro atoms. The minimum absolute atomic E-state index is 0.166. The van der Waals surface area contributed by atoms with Crippen molar-refractivity contribution in [2.75, 3.05) is 26.1 Å². The normalized spacial score (nSPS) is 12.0. The van der Waals surface area contributed by atoms with Crippen molar-refractivity contribution in [2.45, 2.75) is 26.2 Å². The molecule has 2 amide bonds. The third-order valence-electron chi connectivity index (χ3n) is 5.93. The van der Waals surface area contributed by atoms with Crippen molar-refractivity contribution in [2.24, 2.45) is 5.10 Å². The number of thiophene rings is 1. The average molecular weight is 566 g/mol. The lowest BCUT2D eigenvalue weighted by Crippen LogP contribution is -2.32. The highest BCUT2D eigenvalue weighted by Gasteiger charge is 2.29. The van der Waals surface area contributed by atoms with Gasteiger partial charge in [0.15, 0.2) is 11.5 Å². The van der Waals surface area contributed by atoms with E-state index in [-0.39, 0.29) is 28.7 Å². The van der Waals surface area contributed by atoms with Gasteiger partial charge < -0.3 is 24.3 Å². The summed E-state index contributed by atoms with van der Waals surface area (Å²) in [6.07, 6.45) is 3.74. The van der Waals surface area contributed by atoms with Crippen molar-refractivity contribution in [3.63, 3.8) is 0 Å². The zero-order chi connectivity index (χ0) is 28.6. The maximum absolute atomic E-state index is 12.6. The summed E-state index contributed by atoms with van der Waals surface area (Å²) in [5, 5.41) is 6.62. The number of esters is 2. The van der Waals surface area contributed by atoms with Crippen molar-refractivity contribution in [1.82, 2.24) is 5.43 Å². The number of methoxy groups -OCH3 is 2. The van der Waals surface area contributed by atoms with Crippen molar-refractivity contribution < 1.29 is 38.1 Å². The topological polar surface area (TPSA) is 142 Å². The number of carbonyl (C=O) groups excluding carboxylic acids is 4. The molecular weight excluding hydrogens is 538 g/mol. The van der Waals surface area contributed by atoms with Gasteiger partial charge in [-0.3, -0.25) is 9.59 Å². The molecule has 3 aromatic rings. The molecule has 208 valence electrons. The molecule has 11 nitrogen and oxygen atoms in total. The first-order valence-corrected chi connectivity index (χ1v) is 13.2. The van der Waals surface area contributed by atoms with Gasteiger partial charge in [-0.25, -0.2) is 15.0 Å². The molecule has 40 heavy (non-hydrogen) atoms. The van der Waals surface area contributed by atoms with Crippen molar-refractivity contribution in [1.29, 1.82) is 0 Å². The number of fused-ring (bicyclic) bond motifs is 1. The number of anilines is 1. The Bertz CT molecular complexity index is 1480. The molecule has 0 aliphatic heterocycles. The highest BCUT2D eigenvalue weighted by Crippen LogP contribution is 2.39. The Kier molecular flexibility index (Phi) is 9.12. The Balaban J connectivity index is 1.39. The van der Waals surface area contributed by atoms with Crippen LogP contribution in [-0.2, 0) is 27.2 Å². The third-order valence-corrected chi connectivity index (χ3v) is 7.14. The monoisotopic (exact) mass is 565 g/mol. The first kappa shape index (κ1) is 28.3. The highest BCUT2D eigenvalue weighted by atomic mass is 32.1. The van der Waals surface area contributed by atoms with Crippen LogP contribution < -0.4 is 25.0 Å². The van der Waals surface area contributed by atoms with Gasteiger partial charge >= 0.3 is 23.8 Å². The maximum atomic E-state index is 12.6. The molecule has 0 saturated carbocycles. The summed E-state index contributed by atoms with van der Waals surface area (Å²) in [5.41, 5.74) is 4.08. The van der Waals surface area contributed by atoms with E-state index in [9.17, 15) is 19.2 Å². The van der Waals surface area contributed by atoms with Crippen LogP contribution in [0.15, 0.2) is 47.6 Å². The summed E-state index contributed by atoms with van der Waals surface area (Å²) in [5.74, 6) is -2.37. The van der Waals surface area contributed by atoms with Gasteiger partial charge in [0.1, 0.15) is 16.3 Å². The second kappa shape index (κ2) is 12.9. The van der Waals surface area contributed by atoms with E-state index in [1.165, 1.54) is 37.8 Å². The number of amides is 2. The Labute approximate surface area is 234 Å². The van der Waals surface area contributed by atoms with E-state index in [2.05, 4.69) is 15.8 Å². The molecule has 2 N–H and O–H groups in total. The molecule has 1 aliphatic rings. The van der Waals surface area contributed by atoms with Crippen LogP contribution in [0, 0.1) is 0 Å². The van der Waals surface area contributed by atoms with E-state index >= 15 is 0 Å².